The molecule has 0 radical (unpaired) electrons. The van der Waals surface area contributed by atoms with Gasteiger partial charge in [-0.3, -0.25) is 9.62 Å². The van der Waals surface area contributed by atoms with Gasteiger partial charge in [-0.25, -0.2) is 26.6 Å². The van der Waals surface area contributed by atoms with Crippen molar-refractivity contribution in [1.29, 1.82) is 0 Å². The second-order valence-electron chi connectivity index (χ2n) is 8.46. The topological polar surface area (TPSA) is 71.5 Å². The largest absolute Gasteiger partial charge is 0.487 e. The average molecular weight is 546 g/mol. The highest BCUT2D eigenvalue weighted by molar-refractivity contribution is 7.92. The van der Waals surface area contributed by atoms with Crippen molar-refractivity contribution in [3.8, 4) is 5.75 Å². The third kappa shape index (κ3) is 6.52. The van der Waals surface area contributed by atoms with Crippen LogP contribution in [0.5, 0.6) is 5.75 Å². The van der Waals surface area contributed by atoms with E-state index in [9.17, 15) is 34.8 Å². The summed E-state index contributed by atoms with van der Waals surface area (Å²) >= 11 is 0. The van der Waals surface area contributed by atoms with E-state index in [1.54, 1.807) is 35.1 Å². The van der Waals surface area contributed by atoms with Crippen molar-refractivity contribution >= 4 is 15.8 Å². The molecule has 0 amide bonds. The van der Waals surface area contributed by atoms with Gasteiger partial charge in [-0.05, 0) is 24.1 Å². The number of sulfonamides is 1. The lowest BCUT2D eigenvalue weighted by atomic mass is 9.87. The minimum atomic E-state index is -4.75. The summed E-state index contributed by atoms with van der Waals surface area (Å²) < 4.78 is 115. The summed E-state index contributed by atoms with van der Waals surface area (Å²) in [5, 5.41) is 0. The van der Waals surface area contributed by atoms with E-state index < -0.39 is 68.7 Å². The number of likely N-dealkylation sites (tertiary alicyclic amines) is 1. The maximum Gasteiger partial charge on any atom is 0.401 e. The van der Waals surface area contributed by atoms with Gasteiger partial charge in [0, 0.05) is 37.3 Å². The highest BCUT2D eigenvalue weighted by Gasteiger charge is 2.38. The first-order valence-electron chi connectivity index (χ1n) is 11.1. The lowest BCUT2D eigenvalue weighted by Crippen LogP contribution is -2.47. The van der Waals surface area contributed by atoms with Crippen LogP contribution in [0, 0.1) is 17.5 Å². The molecule has 1 aromatic heterocycles. The van der Waals surface area contributed by atoms with Crippen LogP contribution in [0.2, 0.25) is 0 Å². The van der Waals surface area contributed by atoms with Crippen LogP contribution in [0.4, 0.5) is 32.2 Å². The molecule has 0 bridgehead atoms. The van der Waals surface area contributed by atoms with Crippen molar-refractivity contribution in [3.05, 3.63) is 83.8 Å². The number of nitrogens with one attached hydrogen (secondary N) is 1. The number of ether oxygens (including phenoxy) is 1. The number of aromatic nitrogens is 1. The number of anilines is 1. The molecule has 198 valence electrons. The molecule has 2 aromatic carbocycles. The minimum Gasteiger partial charge on any atom is -0.487 e. The van der Waals surface area contributed by atoms with Crippen LogP contribution >= 0.6 is 0 Å². The zero-order chi connectivity index (χ0) is 26.8. The molecule has 13 heteroatoms. The first kappa shape index (κ1) is 26.7. The first-order chi connectivity index (χ1) is 17.4. The predicted octanol–water partition coefficient (Wildman–Crippen LogP) is 5.10. The monoisotopic (exact) mass is 545 g/mol. The third-order valence-electron chi connectivity index (χ3n) is 5.81. The zero-order valence-electron chi connectivity index (χ0n) is 19.1. The summed E-state index contributed by atoms with van der Waals surface area (Å²) in [6, 6.07) is 11.6. The van der Waals surface area contributed by atoms with E-state index in [-0.39, 0.29) is 19.5 Å². The quantitative estimate of drug-likeness (QED) is 0.419. The standard InChI is InChI=1S/C24H21F6N3O3S/c25-17-7-4-9-31-23(17)32-37(34,35)22-12-18(26)21(11-19(22)27)36-20-8-10-33(14-24(28,29)30)13-16(20)15-5-2-1-3-6-15/h1-7,9,11-12,16,20H,8,10,13-14H2,(H,31,32)/t16-,20+/m1/s1. The molecule has 0 saturated carbocycles. The molecule has 1 saturated heterocycles. The van der Waals surface area contributed by atoms with E-state index in [0.29, 0.717) is 17.7 Å². The molecule has 6 nitrogen and oxygen atoms in total. The fourth-order valence-electron chi connectivity index (χ4n) is 4.17. The maximum atomic E-state index is 14.9. The molecule has 3 aromatic rings. The Hall–Kier alpha value is -3.32. The van der Waals surface area contributed by atoms with Crippen LogP contribution in [0.15, 0.2) is 65.7 Å². The number of rotatable bonds is 7. The number of hydrogen-bond donors (Lipinski definition) is 1. The van der Waals surface area contributed by atoms with Gasteiger partial charge in [-0.15, -0.1) is 0 Å². The summed E-state index contributed by atoms with van der Waals surface area (Å²) in [4.78, 5) is 3.64. The Kier molecular flexibility index (Phi) is 7.64. The summed E-state index contributed by atoms with van der Waals surface area (Å²) in [6.07, 6.45) is -4.03. The van der Waals surface area contributed by atoms with E-state index >= 15 is 0 Å². The minimum absolute atomic E-state index is 0.00361. The van der Waals surface area contributed by atoms with Gasteiger partial charge in [0.1, 0.15) is 16.8 Å². The molecular weight excluding hydrogens is 524 g/mol. The summed E-state index contributed by atoms with van der Waals surface area (Å²) in [5.74, 6) is -5.50. The van der Waals surface area contributed by atoms with E-state index in [0.717, 1.165) is 12.3 Å². The molecule has 2 heterocycles. The highest BCUT2D eigenvalue weighted by atomic mass is 32.2. The highest BCUT2D eigenvalue weighted by Crippen LogP contribution is 2.34. The average Bonchev–Trinajstić information content (AvgIpc) is 2.83. The second kappa shape index (κ2) is 10.6. The zero-order valence-corrected chi connectivity index (χ0v) is 19.9. The Morgan fingerprint density at radius 2 is 1.73 bits per heavy atom. The van der Waals surface area contributed by atoms with Gasteiger partial charge in [0.15, 0.2) is 23.2 Å². The van der Waals surface area contributed by atoms with Gasteiger partial charge in [-0.2, -0.15) is 13.2 Å². The Morgan fingerprint density at radius 1 is 1.00 bits per heavy atom. The summed E-state index contributed by atoms with van der Waals surface area (Å²) in [5.41, 5.74) is 0.654. The van der Waals surface area contributed by atoms with Gasteiger partial charge >= 0.3 is 6.18 Å². The number of hydrogen-bond acceptors (Lipinski definition) is 5. The van der Waals surface area contributed by atoms with Crippen molar-refractivity contribution in [3.63, 3.8) is 0 Å². The normalized spacial score (nSPS) is 19.0. The Morgan fingerprint density at radius 3 is 2.41 bits per heavy atom. The van der Waals surface area contributed by atoms with Crippen LogP contribution in [-0.4, -0.2) is 50.2 Å². The van der Waals surface area contributed by atoms with Gasteiger partial charge in [0.2, 0.25) is 0 Å². The molecule has 0 unspecified atom stereocenters. The lowest BCUT2D eigenvalue weighted by molar-refractivity contribution is -0.150. The van der Waals surface area contributed by atoms with Crippen LogP contribution in [-0.2, 0) is 10.0 Å². The lowest BCUT2D eigenvalue weighted by Gasteiger charge is -2.39. The first-order valence-corrected chi connectivity index (χ1v) is 12.5. The van der Waals surface area contributed by atoms with Crippen molar-refractivity contribution in [2.75, 3.05) is 24.4 Å². The summed E-state index contributed by atoms with van der Waals surface area (Å²) in [6.45, 7) is -1.16. The van der Waals surface area contributed by atoms with E-state index in [2.05, 4.69) is 4.98 Å². The smallest absolute Gasteiger partial charge is 0.401 e. The van der Waals surface area contributed by atoms with Crippen molar-refractivity contribution in [1.82, 2.24) is 9.88 Å². The van der Waals surface area contributed by atoms with Crippen molar-refractivity contribution < 1.29 is 39.5 Å². The molecule has 37 heavy (non-hydrogen) atoms. The fraction of sp³-hybridized carbons (Fsp3) is 0.292. The number of benzene rings is 2. The molecule has 1 aliphatic rings. The second-order valence-corrected chi connectivity index (χ2v) is 10.1. The Balaban J connectivity index is 1.58. The fourth-order valence-corrected chi connectivity index (χ4v) is 5.26. The number of alkyl halides is 3. The number of halogens is 6. The number of piperidine rings is 1. The van der Waals surface area contributed by atoms with E-state index in [4.69, 9.17) is 4.74 Å². The molecule has 0 spiro atoms. The molecule has 1 fully saturated rings. The summed E-state index contributed by atoms with van der Waals surface area (Å²) in [7, 11) is -4.75. The van der Waals surface area contributed by atoms with Crippen LogP contribution in [0.3, 0.4) is 0 Å². The van der Waals surface area contributed by atoms with E-state index in [1.807, 2.05) is 0 Å². The van der Waals surface area contributed by atoms with Crippen LogP contribution < -0.4 is 9.46 Å². The van der Waals surface area contributed by atoms with Gasteiger partial charge < -0.3 is 4.74 Å². The van der Waals surface area contributed by atoms with E-state index in [1.165, 1.54) is 11.0 Å². The Bertz CT molecular complexity index is 1360. The molecule has 4 rings (SSSR count). The SMILES string of the molecule is O=S(=O)(Nc1ncccc1F)c1cc(F)c(O[C@H]2CCN(CC(F)(F)F)C[C@@H]2c2ccccc2)cc1F. The van der Waals surface area contributed by atoms with Crippen molar-refractivity contribution in [2.24, 2.45) is 0 Å². The third-order valence-corrected chi connectivity index (χ3v) is 7.16. The maximum absolute atomic E-state index is 14.9. The van der Waals surface area contributed by atoms with Crippen molar-refractivity contribution in [2.45, 2.75) is 29.5 Å². The molecule has 1 N–H and O–H groups in total. The number of nitrogens with zero attached hydrogens (tertiary/aromatic N) is 2. The molecular formula is C24H21F6N3O3S. The number of pyridine rings is 1. The molecule has 1 aliphatic heterocycles. The van der Waals surface area contributed by atoms with Gasteiger partial charge in [0.05, 0.1) is 6.54 Å². The molecule has 2 atom stereocenters. The van der Waals surface area contributed by atoms with Gasteiger partial charge in [0.25, 0.3) is 10.0 Å². The molecule has 0 aliphatic carbocycles. The van der Waals surface area contributed by atoms with Gasteiger partial charge in [-0.1, -0.05) is 30.3 Å². The van der Waals surface area contributed by atoms with Crippen LogP contribution in [0.25, 0.3) is 0 Å². The predicted molar refractivity (Wildman–Crippen MR) is 122 cm³/mol. The van der Waals surface area contributed by atoms with Crippen LogP contribution in [0.1, 0.15) is 17.9 Å². The Labute approximate surface area is 208 Å².